The molecule has 3 fully saturated rings. The molecule has 3 rings (SSSR count). The third kappa shape index (κ3) is 8.48. The summed E-state index contributed by atoms with van der Waals surface area (Å²) in [6, 6.07) is -3.16. The zero-order chi connectivity index (χ0) is 33.6. The van der Waals surface area contributed by atoms with Gasteiger partial charge in [-0.05, 0) is 72.1 Å². The smallest absolute Gasteiger partial charge is 0.328 e. The van der Waals surface area contributed by atoms with Crippen LogP contribution in [0.3, 0.4) is 0 Å². The van der Waals surface area contributed by atoms with Gasteiger partial charge in [-0.1, -0.05) is 27.2 Å². The maximum absolute atomic E-state index is 13.7. The Labute approximate surface area is 261 Å². The summed E-state index contributed by atoms with van der Waals surface area (Å²) in [4.78, 5) is 74.4. The van der Waals surface area contributed by atoms with Gasteiger partial charge in [0.15, 0.2) is 5.60 Å². The van der Waals surface area contributed by atoms with Gasteiger partial charge in [0.25, 0.3) is 11.8 Å². The second kappa shape index (κ2) is 15.5. The Bertz CT molecular complexity index is 1050. The van der Waals surface area contributed by atoms with Gasteiger partial charge in [0.1, 0.15) is 24.2 Å². The molecule has 4 amide bonds. The lowest BCUT2D eigenvalue weighted by atomic mass is 9.77. The Morgan fingerprint density at radius 3 is 2.14 bits per heavy atom. The molecule has 3 N–H and O–H groups in total. The molecule has 0 spiro atoms. The Morgan fingerprint density at radius 2 is 1.59 bits per heavy atom. The lowest BCUT2D eigenvalue weighted by Gasteiger charge is -2.48. The number of hydrogen-bond acceptors (Lipinski definition) is 9. The molecular weight excluding hydrogens is 572 g/mol. The summed E-state index contributed by atoms with van der Waals surface area (Å²) < 4.78 is 11.6. The molecule has 0 aromatic carbocycles. The van der Waals surface area contributed by atoms with Crippen LogP contribution in [0.5, 0.6) is 0 Å². The molecule has 2 bridgehead atoms. The maximum atomic E-state index is 13.7. The first-order chi connectivity index (χ1) is 20.4. The monoisotopic (exact) mass is 626 g/mol. The zero-order valence-corrected chi connectivity index (χ0v) is 28.1. The number of carbonyl (C=O) groups is 5. The van der Waals surface area contributed by atoms with Crippen LogP contribution in [0.25, 0.3) is 0 Å². The van der Waals surface area contributed by atoms with Gasteiger partial charge in [0.2, 0.25) is 11.8 Å². The highest BCUT2D eigenvalue weighted by atomic mass is 16.7. The lowest BCUT2D eigenvalue weighted by molar-refractivity contribution is -0.316. The van der Waals surface area contributed by atoms with E-state index in [1.807, 2.05) is 6.92 Å². The van der Waals surface area contributed by atoms with E-state index in [1.165, 1.54) is 32.7 Å². The zero-order valence-electron chi connectivity index (χ0n) is 28.1. The molecule has 44 heavy (non-hydrogen) atoms. The SMILES string of the molecule is CCC[C@@H](CC[C@@H](C)[C@@H]1OC(=O)[C@H](C)NC(=O)[C@H]([C@@H](C)CCO)N(C)C(=O)C2(C)CN(O2)C(=O)[C@H](C)NC(=O)C1(C)C)OC. The summed E-state index contributed by atoms with van der Waals surface area (Å²) in [5.41, 5.74) is -2.70. The van der Waals surface area contributed by atoms with E-state index in [1.54, 1.807) is 27.9 Å². The summed E-state index contributed by atoms with van der Waals surface area (Å²) in [6.45, 7) is 13.2. The predicted octanol–water partition coefficient (Wildman–Crippen LogP) is 1.56. The van der Waals surface area contributed by atoms with Crippen LogP contribution in [-0.2, 0) is 38.3 Å². The number of rotatable bonds is 10. The molecule has 8 atom stereocenters. The van der Waals surface area contributed by atoms with Gasteiger partial charge < -0.3 is 30.1 Å². The number of esters is 1. The molecule has 3 heterocycles. The first kappa shape index (κ1) is 37.4. The van der Waals surface area contributed by atoms with Crippen molar-refractivity contribution in [1.82, 2.24) is 20.6 Å². The van der Waals surface area contributed by atoms with Crippen molar-refractivity contribution in [3.8, 4) is 0 Å². The van der Waals surface area contributed by atoms with E-state index in [-0.39, 0.29) is 31.6 Å². The number of nitrogens with one attached hydrogen (secondary N) is 2. The normalized spacial score (nSPS) is 30.8. The number of hydrogen-bond donors (Lipinski definition) is 3. The first-order valence-electron chi connectivity index (χ1n) is 15.7. The highest BCUT2D eigenvalue weighted by Gasteiger charge is 2.54. The molecule has 0 aromatic rings. The van der Waals surface area contributed by atoms with Crippen LogP contribution in [0.4, 0.5) is 0 Å². The van der Waals surface area contributed by atoms with Gasteiger partial charge >= 0.3 is 5.97 Å². The number of fused-ring (bicyclic) bond motifs is 13. The fraction of sp³-hybridized carbons (Fsp3) is 0.839. The van der Waals surface area contributed by atoms with Crippen molar-refractivity contribution in [1.29, 1.82) is 0 Å². The van der Waals surface area contributed by atoms with Crippen molar-refractivity contribution < 1.29 is 43.4 Å². The van der Waals surface area contributed by atoms with Gasteiger partial charge in [-0.2, -0.15) is 0 Å². The molecule has 13 heteroatoms. The van der Waals surface area contributed by atoms with Crippen molar-refractivity contribution >= 4 is 29.6 Å². The highest BCUT2D eigenvalue weighted by Crippen LogP contribution is 2.34. The van der Waals surface area contributed by atoms with Crippen molar-refractivity contribution in [2.75, 3.05) is 27.3 Å². The fourth-order valence-electron chi connectivity index (χ4n) is 6.07. The van der Waals surface area contributed by atoms with Gasteiger partial charge in [-0.25, -0.2) is 9.86 Å². The molecule has 252 valence electrons. The quantitative estimate of drug-likeness (QED) is 0.241. The molecule has 0 aromatic heterocycles. The van der Waals surface area contributed by atoms with Gasteiger partial charge in [-0.15, -0.1) is 0 Å². The van der Waals surface area contributed by atoms with E-state index >= 15 is 0 Å². The Kier molecular flexibility index (Phi) is 13.2. The van der Waals surface area contributed by atoms with Crippen LogP contribution in [0, 0.1) is 17.3 Å². The minimum absolute atomic E-state index is 0.0147. The minimum Gasteiger partial charge on any atom is -0.459 e. The molecule has 0 aliphatic carbocycles. The van der Waals surface area contributed by atoms with E-state index in [0.29, 0.717) is 12.8 Å². The molecule has 0 saturated carbocycles. The van der Waals surface area contributed by atoms with Crippen LogP contribution in [-0.4, -0.2) is 108 Å². The summed E-state index contributed by atoms with van der Waals surface area (Å²) >= 11 is 0. The largest absolute Gasteiger partial charge is 0.459 e. The number of hydroxylamine groups is 2. The number of aliphatic hydroxyl groups is 1. The third-order valence-electron chi connectivity index (χ3n) is 8.96. The van der Waals surface area contributed by atoms with Crippen LogP contribution in [0.15, 0.2) is 0 Å². The summed E-state index contributed by atoms with van der Waals surface area (Å²) in [5.74, 6) is -3.71. The van der Waals surface area contributed by atoms with Gasteiger partial charge in [0, 0.05) is 20.8 Å². The third-order valence-corrected chi connectivity index (χ3v) is 8.96. The number of methoxy groups -OCH3 is 1. The van der Waals surface area contributed by atoms with E-state index in [0.717, 1.165) is 17.9 Å². The molecule has 1 unspecified atom stereocenters. The summed E-state index contributed by atoms with van der Waals surface area (Å²) in [5, 5.41) is 16.0. The van der Waals surface area contributed by atoms with Crippen LogP contribution in [0.2, 0.25) is 0 Å². The highest BCUT2D eigenvalue weighted by molar-refractivity contribution is 5.95. The average molecular weight is 627 g/mol. The number of ether oxygens (including phenoxy) is 2. The molecule has 3 aliphatic rings. The molecule has 0 radical (unpaired) electrons. The average Bonchev–Trinajstić information content (AvgIpc) is 2.94. The number of amides is 4. The first-order valence-corrected chi connectivity index (χ1v) is 15.7. The molecule has 3 aliphatic heterocycles. The summed E-state index contributed by atoms with van der Waals surface area (Å²) in [6.07, 6.45) is 2.41. The van der Waals surface area contributed by atoms with Crippen LogP contribution < -0.4 is 10.6 Å². The second-order valence-corrected chi connectivity index (χ2v) is 13.3. The Hall–Kier alpha value is -2.77. The van der Waals surface area contributed by atoms with E-state index in [9.17, 15) is 29.1 Å². The van der Waals surface area contributed by atoms with Crippen molar-refractivity contribution in [2.24, 2.45) is 17.3 Å². The number of aliphatic hydroxyl groups excluding tert-OH is 1. The minimum atomic E-state index is -1.43. The topological polar surface area (TPSA) is 164 Å². The van der Waals surface area contributed by atoms with Crippen molar-refractivity contribution in [3.63, 3.8) is 0 Å². The molecule has 13 nitrogen and oxygen atoms in total. The number of carbonyl (C=O) groups excluding carboxylic acids is 5. The van der Waals surface area contributed by atoms with Gasteiger partial charge in [0.05, 0.1) is 18.1 Å². The Balaban J connectivity index is 2.49. The second-order valence-electron chi connectivity index (χ2n) is 13.3. The van der Waals surface area contributed by atoms with E-state index < -0.39 is 70.8 Å². The fourth-order valence-corrected chi connectivity index (χ4v) is 6.07. The van der Waals surface area contributed by atoms with Crippen molar-refractivity contribution in [2.45, 2.75) is 123 Å². The van der Waals surface area contributed by atoms with E-state index in [2.05, 4.69) is 17.6 Å². The lowest BCUT2D eigenvalue weighted by Crippen LogP contribution is -2.70. The van der Waals surface area contributed by atoms with E-state index in [4.69, 9.17) is 14.3 Å². The predicted molar refractivity (Wildman–Crippen MR) is 162 cm³/mol. The van der Waals surface area contributed by atoms with Crippen LogP contribution in [0.1, 0.15) is 87.5 Å². The molecular formula is C31H54N4O9. The molecule has 3 saturated heterocycles. The maximum Gasteiger partial charge on any atom is 0.328 e. The Morgan fingerprint density at radius 1 is 0.977 bits per heavy atom. The van der Waals surface area contributed by atoms with Gasteiger partial charge in [-0.3, -0.25) is 24.0 Å². The standard InChI is InChI=1S/C31H54N4O9/c1-11-12-22(42-10)14-13-19(3)24-30(6,7)28(40)33-20(4)26(38)35-17-31(8,44-35)29(41)34(9)23(18(2)15-16-36)25(37)32-21(5)27(39)43-24/h18-24,36H,11-17H2,1-10H3,(H,32,37)(H,33,40)/t18-,19+,20-,21-,22-,23-,24-,31?/m0/s1. The van der Waals surface area contributed by atoms with Crippen molar-refractivity contribution in [3.05, 3.63) is 0 Å². The number of nitrogens with zero attached hydrogens (tertiary/aromatic N) is 2. The number of likely N-dealkylation sites (N-methyl/N-ethyl adjacent to an activating group) is 1. The summed E-state index contributed by atoms with van der Waals surface area (Å²) in [7, 11) is 3.11. The van der Waals surface area contributed by atoms with Crippen LogP contribution >= 0.6 is 0 Å².